The number of hydrogen-bond donors (Lipinski definition) is 0. The van der Waals surface area contributed by atoms with Crippen molar-refractivity contribution in [3.05, 3.63) is 35.5 Å². The molecule has 24 heavy (non-hydrogen) atoms. The number of ether oxygens (including phenoxy) is 2. The van der Waals surface area contributed by atoms with Crippen LogP contribution in [-0.2, 0) is 11.3 Å². The summed E-state index contributed by atoms with van der Waals surface area (Å²) in [4.78, 5) is 10.8. The van der Waals surface area contributed by atoms with Crippen LogP contribution in [0, 0.1) is 13.8 Å². The quantitative estimate of drug-likeness (QED) is 0.847. The van der Waals surface area contributed by atoms with Crippen molar-refractivity contribution in [1.82, 2.24) is 20.0 Å². The van der Waals surface area contributed by atoms with Crippen LogP contribution >= 0.6 is 0 Å². The van der Waals surface area contributed by atoms with Crippen LogP contribution in [-0.4, -0.2) is 51.4 Å². The van der Waals surface area contributed by atoms with E-state index in [1.54, 1.807) is 6.20 Å². The summed E-state index contributed by atoms with van der Waals surface area (Å²) in [6, 6.07) is 4.31. The van der Waals surface area contributed by atoms with Gasteiger partial charge in [-0.1, -0.05) is 5.16 Å². The Labute approximate surface area is 141 Å². The lowest BCUT2D eigenvalue weighted by atomic mass is 9.84. The van der Waals surface area contributed by atoms with Gasteiger partial charge in [-0.05, 0) is 19.9 Å². The van der Waals surface area contributed by atoms with E-state index in [4.69, 9.17) is 14.0 Å². The molecule has 128 valence electrons. The minimum Gasteiger partial charge on any atom is -0.460 e. The van der Waals surface area contributed by atoms with Crippen LogP contribution in [0.25, 0.3) is 0 Å². The Morgan fingerprint density at radius 2 is 2.25 bits per heavy atom. The Bertz CT molecular complexity index is 711. The van der Waals surface area contributed by atoms with Crippen LogP contribution in [0.3, 0.4) is 0 Å². The van der Waals surface area contributed by atoms with E-state index in [2.05, 4.69) is 20.0 Å². The highest BCUT2D eigenvalue weighted by atomic mass is 16.5. The number of aryl methyl sites for hydroxylation is 2. The summed E-state index contributed by atoms with van der Waals surface area (Å²) in [5.74, 6) is 0.848. The first kappa shape index (κ1) is 15.5. The third kappa shape index (κ3) is 3.27. The number of rotatable bonds is 4. The second-order valence-corrected chi connectivity index (χ2v) is 6.82. The molecule has 0 amide bonds. The maximum Gasteiger partial charge on any atom is 0.316 e. The van der Waals surface area contributed by atoms with Crippen molar-refractivity contribution in [2.24, 2.45) is 0 Å². The molecule has 7 heteroatoms. The molecule has 0 bridgehead atoms. The fraction of sp³-hybridized carbons (Fsp3) is 0.588. The van der Waals surface area contributed by atoms with Gasteiger partial charge in [-0.3, -0.25) is 4.90 Å². The normalized spacial score (nSPS) is 23.2. The van der Waals surface area contributed by atoms with Crippen molar-refractivity contribution in [2.45, 2.75) is 44.9 Å². The van der Waals surface area contributed by atoms with Crippen molar-refractivity contribution >= 4 is 0 Å². The molecule has 1 spiro atoms. The van der Waals surface area contributed by atoms with Crippen molar-refractivity contribution < 1.29 is 14.0 Å². The molecule has 0 saturated carbocycles. The van der Waals surface area contributed by atoms with Gasteiger partial charge in [0.2, 0.25) is 0 Å². The van der Waals surface area contributed by atoms with Crippen LogP contribution in [0.5, 0.6) is 6.01 Å². The summed E-state index contributed by atoms with van der Waals surface area (Å²) in [6.07, 6.45) is 3.59. The molecule has 2 saturated heterocycles. The van der Waals surface area contributed by atoms with E-state index in [-0.39, 0.29) is 11.7 Å². The maximum absolute atomic E-state index is 6.06. The van der Waals surface area contributed by atoms with Crippen LogP contribution in [0.4, 0.5) is 0 Å². The van der Waals surface area contributed by atoms with Gasteiger partial charge in [0.15, 0.2) is 0 Å². The molecule has 2 aromatic heterocycles. The number of nitrogens with zero attached hydrogens (tertiary/aromatic N) is 4. The van der Waals surface area contributed by atoms with Gasteiger partial charge in [0.05, 0.1) is 17.9 Å². The Morgan fingerprint density at radius 1 is 1.38 bits per heavy atom. The molecule has 0 radical (unpaired) electrons. The molecule has 2 aliphatic rings. The van der Waals surface area contributed by atoms with Crippen LogP contribution in [0.1, 0.15) is 30.0 Å². The monoisotopic (exact) mass is 330 g/mol. The molecule has 0 aliphatic carbocycles. The second-order valence-electron chi connectivity index (χ2n) is 6.82. The van der Waals surface area contributed by atoms with Gasteiger partial charge >= 0.3 is 6.01 Å². The summed E-state index contributed by atoms with van der Waals surface area (Å²) in [6.45, 7) is 7.16. The van der Waals surface area contributed by atoms with Crippen molar-refractivity contribution in [3.8, 4) is 6.01 Å². The first-order valence-corrected chi connectivity index (χ1v) is 8.35. The lowest BCUT2D eigenvalue weighted by Crippen LogP contribution is -2.65. The maximum atomic E-state index is 6.06. The molecular formula is C17H22N4O3. The van der Waals surface area contributed by atoms with E-state index in [9.17, 15) is 0 Å². The zero-order valence-electron chi connectivity index (χ0n) is 14.1. The summed E-state index contributed by atoms with van der Waals surface area (Å²) in [5.41, 5.74) is 1.78. The molecule has 0 aromatic carbocycles. The predicted molar refractivity (Wildman–Crippen MR) is 85.6 cm³/mol. The SMILES string of the molecule is Cc1ccnc(O[C@H]2CCOC3(C2)CN(Cc2cc(C)on2)C3)n1. The Balaban J connectivity index is 1.32. The largest absolute Gasteiger partial charge is 0.460 e. The van der Waals surface area contributed by atoms with Gasteiger partial charge in [0.25, 0.3) is 0 Å². The van der Waals surface area contributed by atoms with Crippen molar-refractivity contribution in [1.29, 1.82) is 0 Å². The molecule has 2 fully saturated rings. The van der Waals surface area contributed by atoms with E-state index in [1.807, 2.05) is 26.0 Å². The highest BCUT2D eigenvalue weighted by Gasteiger charge is 2.48. The number of aromatic nitrogens is 3. The predicted octanol–water partition coefficient (Wildman–Crippen LogP) is 1.89. The molecule has 4 rings (SSSR count). The summed E-state index contributed by atoms with van der Waals surface area (Å²) >= 11 is 0. The first-order valence-electron chi connectivity index (χ1n) is 8.35. The smallest absolute Gasteiger partial charge is 0.316 e. The molecule has 2 aromatic rings. The average molecular weight is 330 g/mol. The third-order valence-electron chi connectivity index (χ3n) is 4.58. The molecular weight excluding hydrogens is 308 g/mol. The lowest BCUT2D eigenvalue weighted by molar-refractivity contribution is -0.188. The standard InChI is InChI=1S/C17H22N4O3/c1-12-3-5-18-16(19-12)23-15-4-6-22-17(8-15)10-21(11-17)9-14-7-13(2)24-20-14/h3,5,7,15H,4,6,8-11H2,1-2H3/t15-/m0/s1. The molecule has 2 aliphatic heterocycles. The zero-order chi connectivity index (χ0) is 16.6. The van der Waals surface area contributed by atoms with E-state index >= 15 is 0 Å². The van der Waals surface area contributed by atoms with Gasteiger partial charge < -0.3 is 14.0 Å². The third-order valence-corrected chi connectivity index (χ3v) is 4.58. The minimum absolute atomic E-state index is 0.106. The summed E-state index contributed by atoms with van der Waals surface area (Å²) in [7, 11) is 0. The summed E-state index contributed by atoms with van der Waals surface area (Å²) in [5, 5.41) is 4.05. The first-order chi connectivity index (χ1) is 11.6. The molecule has 1 atom stereocenters. The highest BCUT2D eigenvalue weighted by Crippen LogP contribution is 2.36. The number of hydrogen-bond acceptors (Lipinski definition) is 7. The molecule has 7 nitrogen and oxygen atoms in total. The average Bonchev–Trinajstić information content (AvgIpc) is 2.91. The van der Waals surface area contributed by atoms with Crippen molar-refractivity contribution in [2.75, 3.05) is 19.7 Å². The fourth-order valence-electron chi connectivity index (χ4n) is 3.54. The molecule has 0 N–H and O–H groups in total. The minimum atomic E-state index is -0.106. The van der Waals surface area contributed by atoms with Gasteiger partial charge in [-0.2, -0.15) is 0 Å². The second kappa shape index (κ2) is 6.14. The van der Waals surface area contributed by atoms with Crippen molar-refractivity contribution in [3.63, 3.8) is 0 Å². The highest BCUT2D eigenvalue weighted by molar-refractivity contribution is 5.09. The molecule has 4 heterocycles. The van der Waals surface area contributed by atoms with E-state index in [0.717, 1.165) is 49.6 Å². The Morgan fingerprint density at radius 3 is 3.00 bits per heavy atom. The lowest BCUT2D eigenvalue weighted by Gasteiger charge is -2.52. The van der Waals surface area contributed by atoms with E-state index in [0.29, 0.717) is 12.6 Å². The topological polar surface area (TPSA) is 73.5 Å². The van der Waals surface area contributed by atoms with Gasteiger partial charge in [-0.15, -0.1) is 0 Å². The van der Waals surface area contributed by atoms with Gasteiger partial charge in [0.1, 0.15) is 11.9 Å². The van der Waals surface area contributed by atoms with Crippen LogP contribution in [0.15, 0.2) is 22.9 Å². The Kier molecular flexibility index (Phi) is 3.97. The van der Waals surface area contributed by atoms with Gasteiger partial charge in [0, 0.05) is 50.4 Å². The Hall–Kier alpha value is -1.99. The molecule has 0 unspecified atom stereocenters. The van der Waals surface area contributed by atoms with Gasteiger partial charge in [-0.25, -0.2) is 9.97 Å². The van der Waals surface area contributed by atoms with Crippen LogP contribution in [0.2, 0.25) is 0 Å². The van der Waals surface area contributed by atoms with E-state index in [1.165, 1.54) is 0 Å². The zero-order valence-corrected chi connectivity index (χ0v) is 14.1. The van der Waals surface area contributed by atoms with E-state index < -0.39 is 0 Å². The number of likely N-dealkylation sites (tertiary alicyclic amines) is 1. The summed E-state index contributed by atoms with van der Waals surface area (Å²) < 4.78 is 17.2. The van der Waals surface area contributed by atoms with Crippen LogP contribution < -0.4 is 4.74 Å². The fourth-order valence-corrected chi connectivity index (χ4v) is 3.54.